The van der Waals surface area contributed by atoms with E-state index in [-0.39, 0.29) is 12.5 Å². The van der Waals surface area contributed by atoms with Crippen LogP contribution in [0.1, 0.15) is 44.1 Å². The molecule has 1 unspecified atom stereocenters. The number of carboxylic acid groups (broad SMARTS) is 1. The highest BCUT2D eigenvalue weighted by Crippen LogP contribution is 2.18. The number of benzene rings is 1. The van der Waals surface area contributed by atoms with Crippen molar-refractivity contribution < 1.29 is 19.4 Å². The van der Waals surface area contributed by atoms with Crippen LogP contribution in [0.3, 0.4) is 0 Å². The second kappa shape index (κ2) is 9.26. The second-order valence-corrected chi connectivity index (χ2v) is 5.56. The van der Waals surface area contributed by atoms with Crippen molar-refractivity contribution in [1.29, 1.82) is 0 Å². The minimum atomic E-state index is -0.742. The van der Waals surface area contributed by atoms with Crippen LogP contribution in [0.2, 0.25) is 0 Å². The molecule has 0 radical (unpaired) electrons. The summed E-state index contributed by atoms with van der Waals surface area (Å²) in [6, 6.07) is 7.92. The SMILES string of the molecule is O=C(O)CCC/C=C/c1cccc(OCC2CCCCO2)c1. The van der Waals surface area contributed by atoms with Crippen molar-refractivity contribution in [3.63, 3.8) is 0 Å². The van der Waals surface area contributed by atoms with Crippen molar-refractivity contribution in [2.24, 2.45) is 0 Å². The minimum Gasteiger partial charge on any atom is -0.491 e. The first-order chi connectivity index (χ1) is 10.7. The molecule has 22 heavy (non-hydrogen) atoms. The van der Waals surface area contributed by atoms with Gasteiger partial charge in [0.25, 0.3) is 0 Å². The molecule has 0 saturated carbocycles. The number of aliphatic carboxylic acids is 1. The van der Waals surface area contributed by atoms with E-state index in [0.717, 1.165) is 37.2 Å². The Labute approximate surface area is 131 Å². The maximum atomic E-state index is 10.4. The minimum absolute atomic E-state index is 0.212. The van der Waals surface area contributed by atoms with Gasteiger partial charge >= 0.3 is 5.97 Å². The fourth-order valence-electron chi connectivity index (χ4n) is 2.43. The van der Waals surface area contributed by atoms with E-state index in [0.29, 0.717) is 13.0 Å². The zero-order valence-electron chi connectivity index (χ0n) is 12.9. The maximum absolute atomic E-state index is 10.4. The molecule has 1 heterocycles. The third kappa shape index (κ3) is 6.31. The largest absolute Gasteiger partial charge is 0.491 e. The number of rotatable bonds is 8. The van der Waals surface area contributed by atoms with Gasteiger partial charge in [-0.05, 0) is 49.8 Å². The van der Waals surface area contributed by atoms with Crippen LogP contribution in [0.4, 0.5) is 0 Å². The number of carboxylic acids is 1. The number of hydrogen-bond acceptors (Lipinski definition) is 3. The topological polar surface area (TPSA) is 55.8 Å². The Morgan fingerprint density at radius 2 is 2.32 bits per heavy atom. The van der Waals surface area contributed by atoms with Gasteiger partial charge in [0.05, 0.1) is 6.10 Å². The molecule has 1 atom stereocenters. The molecular formula is C18H24O4. The Balaban J connectivity index is 1.76. The van der Waals surface area contributed by atoms with E-state index in [1.54, 1.807) is 0 Å². The number of ether oxygens (including phenoxy) is 2. The van der Waals surface area contributed by atoms with Crippen molar-refractivity contribution in [3.8, 4) is 5.75 Å². The standard InChI is InChI=1S/C18H24O4/c19-18(20)11-3-1-2-7-15-8-6-10-16(13-15)22-14-17-9-4-5-12-21-17/h2,6-8,10,13,17H,1,3-5,9,11-12,14H2,(H,19,20)/b7-2+. The third-order valence-corrected chi connectivity index (χ3v) is 3.64. The molecule has 2 rings (SSSR count). The summed E-state index contributed by atoms with van der Waals surface area (Å²) in [7, 11) is 0. The second-order valence-electron chi connectivity index (χ2n) is 5.56. The van der Waals surface area contributed by atoms with E-state index < -0.39 is 5.97 Å². The Morgan fingerprint density at radius 3 is 3.09 bits per heavy atom. The summed E-state index contributed by atoms with van der Waals surface area (Å²) in [6.07, 6.45) is 9.32. The first kappa shape index (κ1) is 16.6. The van der Waals surface area contributed by atoms with Crippen LogP contribution in [0.5, 0.6) is 5.75 Å². The number of unbranched alkanes of at least 4 members (excludes halogenated alkanes) is 1. The first-order valence-electron chi connectivity index (χ1n) is 7.97. The third-order valence-electron chi connectivity index (χ3n) is 3.64. The van der Waals surface area contributed by atoms with Crippen LogP contribution in [0.15, 0.2) is 30.3 Å². The summed E-state index contributed by atoms with van der Waals surface area (Å²) < 4.78 is 11.5. The Morgan fingerprint density at radius 1 is 1.41 bits per heavy atom. The van der Waals surface area contributed by atoms with Crippen molar-refractivity contribution in [3.05, 3.63) is 35.9 Å². The summed E-state index contributed by atoms with van der Waals surface area (Å²) >= 11 is 0. The van der Waals surface area contributed by atoms with Crippen LogP contribution < -0.4 is 4.74 Å². The van der Waals surface area contributed by atoms with Gasteiger partial charge in [-0.2, -0.15) is 0 Å². The molecule has 0 aliphatic carbocycles. The van der Waals surface area contributed by atoms with Crippen molar-refractivity contribution in [2.75, 3.05) is 13.2 Å². The highest BCUT2D eigenvalue weighted by molar-refractivity contribution is 5.66. The number of carbonyl (C=O) groups is 1. The molecule has 1 aromatic carbocycles. The molecule has 0 aromatic heterocycles. The van der Waals surface area contributed by atoms with Crippen LogP contribution in [-0.2, 0) is 9.53 Å². The molecule has 1 N–H and O–H groups in total. The van der Waals surface area contributed by atoms with Crippen LogP contribution in [0, 0.1) is 0 Å². The molecule has 4 heteroatoms. The highest BCUT2D eigenvalue weighted by atomic mass is 16.5. The fraction of sp³-hybridized carbons (Fsp3) is 0.500. The van der Waals surface area contributed by atoms with Gasteiger partial charge in [-0.3, -0.25) is 4.79 Å². The van der Waals surface area contributed by atoms with E-state index in [2.05, 4.69) is 0 Å². The lowest BCUT2D eigenvalue weighted by Gasteiger charge is -2.22. The average Bonchev–Trinajstić information content (AvgIpc) is 2.54. The predicted octanol–water partition coefficient (Wildman–Crippen LogP) is 3.90. The van der Waals surface area contributed by atoms with Crippen LogP contribution in [0.25, 0.3) is 6.08 Å². The van der Waals surface area contributed by atoms with Crippen LogP contribution >= 0.6 is 0 Å². The lowest BCUT2D eigenvalue weighted by atomic mass is 10.1. The van der Waals surface area contributed by atoms with Gasteiger partial charge in [-0.25, -0.2) is 0 Å². The molecule has 1 saturated heterocycles. The van der Waals surface area contributed by atoms with Gasteiger partial charge in [0.1, 0.15) is 12.4 Å². The van der Waals surface area contributed by atoms with Gasteiger partial charge in [0.15, 0.2) is 0 Å². The molecule has 120 valence electrons. The average molecular weight is 304 g/mol. The molecule has 0 bridgehead atoms. The van der Waals surface area contributed by atoms with E-state index in [1.807, 2.05) is 36.4 Å². The zero-order chi connectivity index (χ0) is 15.6. The van der Waals surface area contributed by atoms with Gasteiger partial charge < -0.3 is 14.6 Å². The predicted molar refractivity (Wildman–Crippen MR) is 86.0 cm³/mol. The van der Waals surface area contributed by atoms with E-state index in [4.69, 9.17) is 14.6 Å². The van der Waals surface area contributed by atoms with Gasteiger partial charge in [-0.1, -0.05) is 24.3 Å². The Kier molecular flexibility index (Phi) is 6.97. The molecule has 4 nitrogen and oxygen atoms in total. The zero-order valence-corrected chi connectivity index (χ0v) is 12.9. The summed E-state index contributed by atoms with van der Waals surface area (Å²) in [5, 5.41) is 8.58. The fourth-order valence-corrected chi connectivity index (χ4v) is 2.43. The summed E-state index contributed by atoms with van der Waals surface area (Å²) in [6.45, 7) is 1.44. The van der Waals surface area contributed by atoms with E-state index in [1.165, 1.54) is 6.42 Å². The van der Waals surface area contributed by atoms with Gasteiger partial charge in [0, 0.05) is 13.0 Å². The molecule has 1 aliphatic rings. The van der Waals surface area contributed by atoms with Gasteiger partial charge in [-0.15, -0.1) is 0 Å². The van der Waals surface area contributed by atoms with E-state index >= 15 is 0 Å². The Bertz CT molecular complexity index is 490. The summed E-state index contributed by atoms with van der Waals surface area (Å²) in [4.78, 5) is 10.4. The van der Waals surface area contributed by atoms with E-state index in [9.17, 15) is 4.79 Å². The molecule has 0 spiro atoms. The summed E-state index contributed by atoms with van der Waals surface area (Å²) in [5.74, 6) is 0.107. The Hall–Kier alpha value is -1.81. The van der Waals surface area contributed by atoms with Gasteiger partial charge in [0.2, 0.25) is 0 Å². The normalized spacial score (nSPS) is 18.5. The van der Waals surface area contributed by atoms with Crippen LogP contribution in [-0.4, -0.2) is 30.4 Å². The number of allylic oxidation sites excluding steroid dienone is 1. The lowest BCUT2D eigenvalue weighted by molar-refractivity contribution is -0.137. The quantitative estimate of drug-likeness (QED) is 0.740. The van der Waals surface area contributed by atoms with Crippen molar-refractivity contribution in [2.45, 2.75) is 44.6 Å². The van der Waals surface area contributed by atoms with Crippen molar-refractivity contribution in [1.82, 2.24) is 0 Å². The monoisotopic (exact) mass is 304 g/mol. The molecule has 0 amide bonds. The lowest BCUT2D eigenvalue weighted by Crippen LogP contribution is -2.25. The smallest absolute Gasteiger partial charge is 0.303 e. The molecular weight excluding hydrogens is 280 g/mol. The molecule has 1 aromatic rings. The number of hydrogen-bond donors (Lipinski definition) is 1. The maximum Gasteiger partial charge on any atom is 0.303 e. The molecule has 1 aliphatic heterocycles. The summed E-state index contributed by atoms with van der Waals surface area (Å²) in [5.41, 5.74) is 1.07. The highest BCUT2D eigenvalue weighted by Gasteiger charge is 2.14. The van der Waals surface area contributed by atoms with Crippen molar-refractivity contribution >= 4 is 12.0 Å². The molecule has 1 fully saturated rings. The first-order valence-corrected chi connectivity index (χ1v) is 7.97.